The van der Waals surface area contributed by atoms with Crippen molar-refractivity contribution in [3.63, 3.8) is 0 Å². The van der Waals surface area contributed by atoms with Crippen LogP contribution < -0.4 is 10.6 Å². The van der Waals surface area contributed by atoms with E-state index in [0.29, 0.717) is 31.4 Å². The lowest BCUT2D eigenvalue weighted by molar-refractivity contribution is -0.146. The first-order valence-corrected chi connectivity index (χ1v) is 7.05. The number of piperidine rings is 1. The second kappa shape index (κ2) is 6.95. The molecule has 0 saturated carbocycles. The first-order chi connectivity index (χ1) is 10.1. The molecule has 0 aromatic heterocycles. The van der Waals surface area contributed by atoms with Crippen LogP contribution in [-0.2, 0) is 16.0 Å². The molecule has 1 aliphatic rings. The minimum absolute atomic E-state index is 0.164. The maximum atomic E-state index is 13.1. The Balaban J connectivity index is 1.88. The molecule has 21 heavy (non-hydrogen) atoms. The van der Waals surface area contributed by atoms with Crippen molar-refractivity contribution in [3.05, 3.63) is 35.4 Å². The van der Waals surface area contributed by atoms with Gasteiger partial charge in [-0.1, -0.05) is 0 Å². The van der Waals surface area contributed by atoms with E-state index in [-0.39, 0.29) is 5.91 Å². The van der Waals surface area contributed by atoms with E-state index in [0.717, 1.165) is 19.2 Å². The second-order valence-electron chi connectivity index (χ2n) is 5.23. The van der Waals surface area contributed by atoms with Crippen molar-refractivity contribution in [2.75, 3.05) is 26.7 Å². The molecule has 2 N–H and O–H groups in total. The molecule has 0 radical (unpaired) electrons. The van der Waals surface area contributed by atoms with Gasteiger partial charge < -0.3 is 15.4 Å². The number of benzene rings is 1. The fraction of sp³-hybridized carbons (Fsp3) is 0.533. The van der Waals surface area contributed by atoms with Crippen molar-refractivity contribution >= 4 is 5.91 Å². The van der Waals surface area contributed by atoms with Crippen LogP contribution in [0.3, 0.4) is 0 Å². The van der Waals surface area contributed by atoms with Crippen molar-refractivity contribution in [2.45, 2.75) is 24.9 Å². The Hall–Kier alpha value is -1.53. The molecule has 0 atom stereocenters. The van der Waals surface area contributed by atoms with Gasteiger partial charge in [0.2, 0.25) is 0 Å². The first kappa shape index (κ1) is 15.9. The summed E-state index contributed by atoms with van der Waals surface area (Å²) >= 11 is 0. The molecule has 6 heteroatoms. The van der Waals surface area contributed by atoms with Crippen LogP contribution in [0, 0.1) is 11.6 Å². The molecule has 1 amide bonds. The maximum absolute atomic E-state index is 13.1. The summed E-state index contributed by atoms with van der Waals surface area (Å²) in [6.07, 6.45) is 1.60. The number of carbonyl (C=O) groups is 1. The van der Waals surface area contributed by atoms with E-state index in [1.54, 1.807) is 0 Å². The average Bonchev–Trinajstić information content (AvgIpc) is 2.47. The molecular weight excluding hydrogens is 278 g/mol. The van der Waals surface area contributed by atoms with E-state index in [2.05, 4.69) is 10.6 Å². The standard InChI is InChI=1S/C15H20F2N2O2/c1-21-15(3-6-18-7-4-15)14(20)19-5-2-11-8-12(16)10-13(17)9-11/h8-10,18H,2-7H2,1H3,(H,19,20). The highest BCUT2D eigenvalue weighted by atomic mass is 19.1. The number of hydrogen-bond acceptors (Lipinski definition) is 3. The smallest absolute Gasteiger partial charge is 0.252 e. The van der Waals surface area contributed by atoms with Gasteiger partial charge in [-0.3, -0.25) is 4.79 Å². The van der Waals surface area contributed by atoms with Gasteiger partial charge in [0.25, 0.3) is 5.91 Å². The van der Waals surface area contributed by atoms with Gasteiger partial charge in [-0.25, -0.2) is 8.78 Å². The number of methoxy groups -OCH3 is 1. The predicted octanol–water partition coefficient (Wildman–Crippen LogP) is 1.39. The number of ether oxygens (including phenoxy) is 1. The summed E-state index contributed by atoms with van der Waals surface area (Å²) in [7, 11) is 1.53. The van der Waals surface area contributed by atoms with Crippen LogP contribution in [0.1, 0.15) is 18.4 Å². The van der Waals surface area contributed by atoms with Crippen molar-refractivity contribution in [1.82, 2.24) is 10.6 Å². The number of rotatable bonds is 5. The SMILES string of the molecule is COC1(C(=O)NCCc2cc(F)cc(F)c2)CCNCC1. The molecule has 1 aromatic rings. The van der Waals surface area contributed by atoms with Gasteiger partial charge in [-0.2, -0.15) is 0 Å². The van der Waals surface area contributed by atoms with Crippen molar-refractivity contribution in [2.24, 2.45) is 0 Å². The van der Waals surface area contributed by atoms with Crippen molar-refractivity contribution in [1.29, 1.82) is 0 Å². The molecule has 1 fully saturated rings. The van der Waals surface area contributed by atoms with Gasteiger partial charge in [0.15, 0.2) is 0 Å². The molecule has 2 rings (SSSR count). The Morgan fingerprint density at radius 1 is 1.29 bits per heavy atom. The molecule has 1 heterocycles. The molecule has 1 aliphatic heterocycles. The molecule has 0 aliphatic carbocycles. The van der Waals surface area contributed by atoms with Gasteiger partial charge in [0, 0.05) is 19.7 Å². The van der Waals surface area contributed by atoms with Crippen molar-refractivity contribution in [3.8, 4) is 0 Å². The number of carbonyl (C=O) groups excluding carboxylic acids is 1. The third kappa shape index (κ3) is 3.98. The lowest BCUT2D eigenvalue weighted by Gasteiger charge is -2.34. The van der Waals surface area contributed by atoms with Gasteiger partial charge in [0.05, 0.1) is 0 Å². The fourth-order valence-corrected chi connectivity index (χ4v) is 2.59. The number of nitrogens with one attached hydrogen (secondary N) is 2. The van der Waals surface area contributed by atoms with Crippen LogP contribution >= 0.6 is 0 Å². The second-order valence-corrected chi connectivity index (χ2v) is 5.23. The highest BCUT2D eigenvalue weighted by Crippen LogP contribution is 2.22. The Morgan fingerprint density at radius 3 is 2.48 bits per heavy atom. The van der Waals surface area contributed by atoms with Crippen LogP contribution in [0.4, 0.5) is 8.78 Å². The summed E-state index contributed by atoms with van der Waals surface area (Å²) in [6.45, 7) is 1.78. The zero-order chi connectivity index (χ0) is 15.3. The summed E-state index contributed by atoms with van der Waals surface area (Å²) in [5, 5.41) is 5.97. The summed E-state index contributed by atoms with van der Waals surface area (Å²) in [5.74, 6) is -1.38. The zero-order valence-corrected chi connectivity index (χ0v) is 12.0. The Labute approximate surface area is 122 Å². The minimum Gasteiger partial charge on any atom is -0.368 e. The highest BCUT2D eigenvalue weighted by molar-refractivity contribution is 5.85. The molecule has 1 saturated heterocycles. The van der Waals surface area contributed by atoms with Crippen LogP contribution in [-0.4, -0.2) is 38.3 Å². The van der Waals surface area contributed by atoms with E-state index >= 15 is 0 Å². The lowest BCUT2D eigenvalue weighted by atomic mass is 9.91. The quantitative estimate of drug-likeness (QED) is 0.864. The molecule has 116 valence electrons. The Bertz CT molecular complexity index is 482. The fourth-order valence-electron chi connectivity index (χ4n) is 2.59. The minimum atomic E-state index is -0.793. The van der Waals surface area contributed by atoms with E-state index < -0.39 is 17.2 Å². The van der Waals surface area contributed by atoms with Crippen LogP contribution in [0.15, 0.2) is 18.2 Å². The number of hydrogen-bond donors (Lipinski definition) is 2. The van der Waals surface area contributed by atoms with E-state index in [1.807, 2.05) is 0 Å². The van der Waals surface area contributed by atoms with Crippen LogP contribution in [0.2, 0.25) is 0 Å². The number of amides is 1. The Morgan fingerprint density at radius 2 is 1.90 bits per heavy atom. The van der Waals surface area contributed by atoms with Crippen LogP contribution in [0.25, 0.3) is 0 Å². The topological polar surface area (TPSA) is 50.4 Å². The predicted molar refractivity (Wildman–Crippen MR) is 74.9 cm³/mol. The molecule has 1 aromatic carbocycles. The molecular formula is C15H20F2N2O2. The largest absolute Gasteiger partial charge is 0.368 e. The van der Waals surface area contributed by atoms with E-state index in [1.165, 1.54) is 19.2 Å². The van der Waals surface area contributed by atoms with E-state index in [4.69, 9.17) is 4.74 Å². The molecule has 0 bridgehead atoms. The third-order valence-electron chi connectivity index (χ3n) is 3.84. The summed E-state index contributed by atoms with van der Waals surface area (Å²) in [4.78, 5) is 12.3. The monoisotopic (exact) mass is 298 g/mol. The maximum Gasteiger partial charge on any atom is 0.252 e. The third-order valence-corrected chi connectivity index (χ3v) is 3.84. The van der Waals surface area contributed by atoms with Gasteiger partial charge in [0.1, 0.15) is 17.2 Å². The Kier molecular flexibility index (Phi) is 5.25. The van der Waals surface area contributed by atoms with Gasteiger partial charge >= 0.3 is 0 Å². The lowest BCUT2D eigenvalue weighted by Crippen LogP contribution is -2.54. The summed E-state index contributed by atoms with van der Waals surface area (Å²) < 4.78 is 31.5. The van der Waals surface area contributed by atoms with Gasteiger partial charge in [-0.05, 0) is 50.0 Å². The molecule has 0 spiro atoms. The normalized spacial score (nSPS) is 17.5. The van der Waals surface area contributed by atoms with Crippen molar-refractivity contribution < 1.29 is 18.3 Å². The average molecular weight is 298 g/mol. The van der Waals surface area contributed by atoms with Gasteiger partial charge in [-0.15, -0.1) is 0 Å². The summed E-state index contributed by atoms with van der Waals surface area (Å²) in [6, 6.07) is 3.37. The highest BCUT2D eigenvalue weighted by Gasteiger charge is 2.39. The first-order valence-electron chi connectivity index (χ1n) is 7.05. The molecule has 4 nitrogen and oxygen atoms in total. The zero-order valence-electron chi connectivity index (χ0n) is 12.0. The van der Waals surface area contributed by atoms with Crippen LogP contribution in [0.5, 0.6) is 0 Å². The van der Waals surface area contributed by atoms with E-state index in [9.17, 15) is 13.6 Å². The number of halogens is 2. The summed E-state index contributed by atoms with van der Waals surface area (Å²) in [5.41, 5.74) is -0.275. The molecule has 0 unspecified atom stereocenters.